The SMILES string of the molecule is C=CCCCOC(=O)[C@H]1[C@@H]2SC3(CC2Br)C(C(=O)N(CC=C)Cc2ccccc2)N(CCCCCCO)C(=O)[C@H]13. The number of aliphatic hydroxyl groups is 1. The van der Waals surface area contributed by atoms with Gasteiger partial charge in [-0.1, -0.05) is 71.3 Å². The number of rotatable bonds is 16. The van der Waals surface area contributed by atoms with Crippen molar-refractivity contribution in [3.8, 4) is 0 Å². The molecular weight excluding hydrogens is 592 g/mol. The van der Waals surface area contributed by atoms with E-state index in [0.717, 1.165) is 37.7 Å². The second-order valence-electron chi connectivity index (χ2n) is 10.9. The molecule has 9 heteroatoms. The number of amides is 2. The second kappa shape index (κ2) is 14.2. The maximum absolute atomic E-state index is 14.5. The molecular formula is C31H41BrN2O5S. The van der Waals surface area contributed by atoms with Gasteiger partial charge in [0, 0.05) is 36.3 Å². The Balaban J connectivity index is 1.64. The monoisotopic (exact) mass is 632 g/mol. The number of carbonyl (C=O) groups excluding carboxylic acids is 3. The Labute approximate surface area is 250 Å². The lowest BCUT2D eigenvalue weighted by Crippen LogP contribution is -2.55. The molecule has 2 amide bonds. The number of alkyl halides is 1. The molecule has 3 fully saturated rings. The molecule has 0 radical (unpaired) electrons. The zero-order chi connectivity index (χ0) is 28.7. The average molecular weight is 634 g/mol. The largest absolute Gasteiger partial charge is 0.465 e. The first-order chi connectivity index (χ1) is 19.4. The lowest BCUT2D eigenvalue weighted by molar-refractivity contribution is -0.154. The van der Waals surface area contributed by atoms with E-state index < -0.39 is 22.6 Å². The Morgan fingerprint density at radius 3 is 2.60 bits per heavy atom. The van der Waals surface area contributed by atoms with Crippen molar-refractivity contribution in [1.29, 1.82) is 0 Å². The van der Waals surface area contributed by atoms with Crippen molar-refractivity contribution in [2.75, 3.05) is 26.3 Å². The molecule has 7 nitrogen and oxygen atoms in total. The van der Waals surface area contributed by atoms with E-state index in [1.165, 1.54) is 0 Å². The van der Waals surface area contributed by atoms with E-state index in [0.29, 0.717) is 39.1 Å². The van der Waals surface area contributed by atoms with Crippen LogP contribution in [-0.4, -0.2) is 79.9 Å². The van der Waals surface area contributed by atoms with Crippen LogP contribution in [0.4, 0.5) is 0 Å². The molecule has 1 spiro atoms. The number of fused-ring (bicyclic) bond motifs is 1. The molecule has 3 aliphatic rings. The summed E-state index contributed by atoms with van der Waals surface area (Å²) >= 11 is 5.45. The van der Waals surface area contributed by atoms with Gasteiger partial charge in [0.2, 0.25) is 11.8 Å². The minimum Gasteiger partial charge on any atom is -0.465 e. The highest BCUT2D eigenvalue weighted by Gasteiger charge is 2.76. The second-order valence-corrected chi connectivity index (χ2v) is 13.6. The number of allylic oxidation sites excluding steroid dienone is 1. The Kier molecular flexibility index (Phi) is 10.9. The maximum Gasteiger partial charge on any atom is 0.310 e. The smallest absolute Gasteiger partial charge is 0.310 e. The van der Waals surface area contributed by atoms with E-state index in [-0.39, 0.29) is 34.5 Å². The van der Waals surface area contributed by atoms with Crippen LogP contribution in [0.15, 0.2) is 55.6 Å². The van der Waals surface area contributed by atoms with Crippen molar-refractivity contribution < 1.29 is 24.2 Å². The van der Waals surface area contributed by atoms with Crippen molar-refractivity contribution in [2.24, 2.45) is 11.8 Å². The summed E-state index contributed by atoms with van der Waals surface area (Å²) in [7, 11) is 0. The molecule has 3 unspecified atom stereocenters. The fourth-order valence-electron chi connectivity index (χ4n) is 6.53. The minimum absolute atomic E-state index is 0.00839. The molecule has 2 bridgehead atoms. The minimum atomic E-state index is -0.695. The molecule has 1 aromatic carbocycles. The molecule has 6 atom stereocenters. The summed E-state index contributed by atoms with van der Waals surface area (Å²) in [5.41, 5.74) is 1.01. The van der Waals surface area contributed by atoms with Gasteiger partial charge in [0.05, 0.1) is 23.2 Å². The summed E-state index contributed by atoms with van der Waals surface area (Å²) in [4.78, 5) is 45.7. The van der Waals surface area contributed by atoms with Gasteiger partial charge < -0.3 is 19.6 Å². The van der Waals surface area contributed by atoms with Crippen LogP contribution < -0.4 is 0 Å². The fraction of sp³-hybridized carbons (Fsp3) is 0.581. The van der Waals surface area contributed by atoms with Crippen molar-refractivity contribution in [3.05, 3.63) is 61.2 Å². The van der Waals surface area contributed by atoms with Gasteiger partial charge in [-0.15, -0.1) is 24.9 Å². The van der Waals surface area contributed by atoms with Crippen LogP contribution in [0.5, 0.6) is 0 Å². The highest BCUT2D eigenvalue weighted by molar-refractivity contribution is 9.09. The molecule has 0 saturated carbocycles. The number of halogens is 1. The predicted molar refractivity (Wildman–Crippen MR) is 162 cm³/mol. The molecule has 40 heavy (non-hydrogen) atoms. The van der Waals surface area contributed by atoms with Crippen molar-refractivity contribution in [3.63, 3.8) is 0 Å². The summed E-state index contributed by atoms with van der Waals surface area (Å²) in [6.45, 7) is 9.28. The zero-order valence-corrected chi connectivity index (χ0v) is 25.5. The van der Waals surface area contributed by atoms with Gasteiger partial charge in [0.25, 0.3) is 0 Å². The Hall–Kier alpha value is -2.10. The predicted octanol–water partition coefficient (Wildman–Crippen LogP) is 4.73. The van der Waals surface area contributed by atoms with Gasteiger partial charge in [-0.05, 0) is 37.7 Å². The van der Waals surface area contributed by atoms with Crippen molar-refractivity contribution in [1.82, 2.24) is 9.80 Å². The lowest BCUT2D eigenvalue weighted by atomic mass is 9.71. The molecule has 4 rings (SSSR count). The first kappa shape index (κ1) is 30.8. The normalized spacial score (nSPS) is 28.4. The van der Waals surface area contributed by atoms with E-state index in [9.17, 15) is 14.4 Å². The molecule has 1 N–H and O–H groups in total. The summed E-state index contributed by atoms with van der Waals surface area (Å²) in [5, 5.41) is 9.04. The van der Waals surface area contributed by atoms with Crippen LogP contribution in [-0.2, 0) is 25.7 Å². The lowest BCUT2D eigenvalue weighted by Gasteiger charge is -2.38. The summed E-state index contributed by atoms with van der Waals surface area (Å²) in [6, 6.07) is 9.17. The van der Waals surface area contributed by atoms with E-state index in [1.807, 2.05) is 30.3 Å². The van der Waals surface area contributed by atoms with Gasteiger partial charge in [-0.2, -0.15) is 0 Å². The Bertz CT molecular complexity index is 1070. The number of esters is 1. The van der Waals surface area contributed by atoms with E-state index in [2.05, 4.69) is 29.1 Å². The van der Waals surface area contributed by atoms with Crippen molar-refractivity contribution >= 4 is 45.5 Å². The summed E-state index contributed by atoms with van der Waals surface area (Å²) in [6.07, 6.45) is 8.78. The first-order valence-corrected chi connectivity index (χ1v) is 16.1. The molecule has 0 aromatic heterocycles. The molecule has 3 aliphatic heterocycles. The standard InChI is InChI=1S/C31H41BrN2O5S/c1-3-5-13-19-39-30(38)24-25-28(36)34(17-11-6-7-12-18-35)27(31(25)20-23(32)26(24)40-31)29(37)33(16-4-2)21-22-14-9-8-10-15-22/h3-4,8-10,14-15,23-27,35H,1-2,5-7,11-13,16-21H2/t23?,24-,25+,26-,27?,31?/m1/s1. The maximum atomic E-state index is 14.5. The van der Waals surface area contributed by atoms with Gasteiger partial charge in [-0.25, -0.2) is 0 Å². The number of thioether (sulfide) groups is 1. The van der Waals surface area contributed by atoms with Crippen LogP contribution in [0.25, 0.3) is 0 Å². The third-order valence-electron chi connectivity index (χ3n) is 8.28. The third-order valence-corrected chi connectivity index (χ3v) is 11.5. The number of benzene rings is 1. The van der Waals surface area contributed by atoms with E-state index in [4.69, 9.17) is 9.84 Å². The summed E-state index contributed by atoms with van der Waals surface area (Å²) in [5.74, 6) is -1.72. The number of aliphatic hydroxyl groups excluding tert-OH is 1. The molecule has 3 saturated heterocycles. The fourth-order valence-corrected chi connectivity index (χ4v) is 10.1. The molecule has 1 aromatic rings. The number of likely N-dealkylation sites (tertiary alicyclic amines) is 1. The number of unbranched alkanes of at least 4 members (excludes halogenated alkanes) is 4. The Morgan fingerprint density at radius 2 is 1.90 bits per heavy atom. The van der Waals surface area contributed by atoms with E-state index in [1.54, 1.807) is 33.7 Å². The molecule has 0 aliphatic carbocycles. The first-order valence-electron chi connectivity index (χ1n) is 14.3. The highest BCUT2D eigenvalue weighted by Crippen LogP contribution is 2.68. The number of ether oxygens (including phenoxy) is 1. The van der Waals surface area contributed by atoms with Crippen LogP contribution in [0.3, 0.4) is 0 Å². The third kappa shape index (κ3) is 6.21. The van der Waals surface area contributed by atoms with Crippen LogP contribution >= 0.6 is 27.7 Å². The van der Waals surface area contributed by atoms with Crippen LogP contribution in [0.1, 0.15) is 50.5 Å². The van der Waals surface area contributed by atoms with Gasteiger partial charge in [0.1, 0.15) is 6.04 Å². The van der Waals surface area contributed by atoms with Gasteiger partial charge >= 0.3 is 5.97 Å². The number of hydrogen-bond donors (Lipinski definition) is 1. The molecule has 218 valence electrons. The average Bonchev–Trinajstić information content (AvgIpc) is 3.54. The van der Waals surface area contributed by atoms with E-state index >= 15 is 0 Å². The van der Waals surface area contributed by atoms with Gasteiger partial charge in [-0.3, -0.25) is 14.4 Å². The Morgan fingerprint density at radius 1 is 1.15 bits per heavy atom. The zero-order valence-electron chi connectivity index (χ0n) is 23.1. The van der Waals surface area contributed by atoms with Crippen LogP contribution in [0, 0.1) is 11.8 Å². The number of carbonyl (C=O) groups is 3. The molecule has 3 heterocycles. The number of hydrogen-bond acceptors (Lipinski definition) is 6. The highest BCUT2D eigenvalue weighted by atomic mass is 79.9. The van der Waals surface area contributed by atoms with Gasteiger partial charge in [0.15, 0.2) is 0 Å². The van der Waals surface area contributed by atoms with Crippen molar-refractivity contribution in [2.45, 2.75) is 72.4 Å². The van der Waals surface area contributed by atoms with Crippen LogP contribution in [0.2, 0.25) is 0 Å². The topological polar surface area (TPSA) is 87.2 Å². The number of nitrogens with zero attached hydrogens (tertiary/aromatic N) is 2. The quantitative estimate of drug-likeness (QED) is 0.123. The summed E-state index contributed by atoms with van der Waals surface area (Å²) < 4.78 is 4.98.